The van der Waals surface area contributed by atoms with E-state index in [1.165, 1.54) is 28.9 Å². The number of thiophene rings is 1. The van der Waals surface area contributed by atoms with Crippen LogP contribution in [0.4, 0.5) is 5.69 Å². The van der Waals surface area contributed by atoms with Crippen molar-refractivity contribution < 1.29 is 14.3 Å². The number of rotatable bonds is 4. The fourth-order valence-electron chi connectivity index (χ4n) is 3.68. The molecule has 2 aromatic heterocycles. The van der Waals surface area contributed by atoms with E-state index in [0.717, 1.165) is 29.7 Å². The van der Waals surface area contributed by atoms with Crippen LogP contribution >= 0.6 is 11.3 Å². The molecule has 29 heavy (non-hydrogen) atoms. The first-order valence-corrected chi connectivity index (χ1v) is 10.3. The number of esters is 1. The second kappa shape index (κ2) is 7.79. The molecule has 150 valence electrons. The highest BCUT2D eigenvalue weighted by Gasteiger charge is 2.23. The summed E-state index contributed by atoms with van der Waals surface area (Å²) in [4.78, 5) is 43.5. The van der Waals surface area contributed by atoms with E-state index in [2.05, 4.69) is 22.0 Å². The third-order valence-electron chi connectivity index (χ3n) is 5.16. The molecule has 1 aliphatic rings. The Morgan fingerprint density at radius 1 is 1.38 bits per heavy atom. The number of aryl methyl sites for hydroxylation is 1. The number of aromatic nitrogens is 2. The second-order valence-corrected chi connectivity index (χ2v) is 8.41. The summed E-state index contributed by atoms with van der Waals surface area (Å²) in [5, 5.41) is 3.37. The van der Waals surface area contributed by atoms with Gasteiger partial charge in [0.15, 0.2) is 0 Å². The molecular formula is C21H21N3O4S. The second-order valence-electron chi connectivity index (χ2n) is 7.33. The fourth-order valence-corrected chi connectivity index (χ4v) is 5.02. The quantitative estimate of drug-likeness (QED) is 0.667. The normalized spacial score (nSPS) is 15.7. The first-order chi connectivity index (χ1) is 14.0. The number of nitrogens with zero attached hydrogens (tertiary/aromatic N) is 2. The van der Waals surface area contributed by atoms with Crippen molar-refractivity contribution in [2.75, 3.05) is 12.4 Å². The van der Waals surface area contributed by atoms with E-state index >= 15 is 0 Å². The summed E-state index contributed by atoms with van der Waals surface area (Å²) in [6.07, 6.45) is 4.35. The van der Waals surface area contributed by atoms with Crippen molar-refractivity contribution in [3.63, 3.8) is 0 Å². The number of anilines is 1. The van der Waals surface area contributed by atoms with Crippen LogP contribution < -0.4 is 10.9 Å². The summed E-state index contributed by atoms with van der Waals surface area (Å²) < 4.78 is 6.03. The van der Waals surface area contributed by atoms with E-state index in [0.29, 0.717) is 22.6 Å². The Labute approximate surface area is 171 Å². The van der Waals surface area contributed by atoms with E-state index in [4.69, 9.17) is 0 Å². The van der Waals surface area contributed by atoms with Gasteiger partial charge in [0.1, 0.15) is 11.4 Å². The first-order valence-electron chi connectivity index (χ1n) is 9.44. The van der Waals surface area contributed by atoms with E-state index in [1.54, 1.807) is 29.5 Å². The number of ether oxygens (including phenoxy) is 1. The van der Waals surface area contributed by atoms with Gasteiger partial charge in [0, 0.05) is 10.6 Å². The zero-order valence-corrected chi connectivity index (χ0v) is 17.0. The van der Waals surface area contributed by atoms with Crippen LogP contribution in [0, 0.1) is 5.92 Å². The van der Waals surface area contributed by atoms with Gasteiger partial charge >= 0.3 is 5.97 Å². The predicted octanol–water partition coefficient (Wildman–Crippen LogP) is 3.01. The molecule has 0 spiro atoms. The highest BCUT2D eigenvalue weighted by atomic mass is 32.1. The summed E-state index contributed by atoms with van der Waals surface area (Å²) in [5.41, 5.74) is 1.72. The summed E-state index contributed by atoms with van der Waals surface area (Å²) in [6.45, 7) is 2.07. The minimum atomic E-state index is -0.483. The molecule has 1 N–H and O–H groups in total. The molecule has 3 aromatic rings. The number of methoxy groups -OCH3 is 1. The van der Waals surface area contributed by atoms with Crippen molar-refractivity contribution in [3.05, 3.63) is 57.0 Å². The lowest BCUT2D eigenvalue weighted by Gasteiger charge is -2.17. The molecule has 0 saturated carbocycles. The van der Waals surface area contributed by atoms with Gasteiger partial charge in [0.05, 0.1) is 24.4 Å². The van der Waals surface area contributed by atoms with Crippen LogP contribution in [0.5, 0.6) is 0 Å². The summed E-state index contributed by atoms with van der Waals surface area (Å²) in [7, 11) is 1.30. The third kappa shape index (κ3) is 3.80. The number of amides is 1. The molecular weight excluding hydrogens is 390 g/mol. The van der Waals surface area contributed by atoms with Crippen LogP contribution in [0.25, 0.3) is 10.2 Å². The van der Waals surface area contributed by atoms with Gasteiger partial charge in [-0.1, -0.05) is 13.0 Å². The van der Waals surface area contributed by atoms with Gasteiger partial charge < -0.3 is 10.1 Å². The van der Waals surface area contributed by atoms with E-state index in [-0.39, 0.29) is 18.0 Å². The highest BCUT2D eigenvalue weighted by Crippen LogP contribution is 2.35. The molecule has 1 aliphatic carbocycles. The molecule has 0 radical (unpaired) electrons. The molecule has 0 fully saturated rings. The Morgan fingerprint density at radius 2 is 2.21 bits per heavy atom. The summed E-state index contributed by atoms with van der Waals surface area (Å²) in [5.74, 6) is -0.235. The average Bonchev–Trinajstić information content (AvgIpc) is 3.07. The van der Waals surface area contributed by atoms with Crippen molar-refractivity contribution in [1.82, 2.24) is 9.55 Å². The van der Waals surface area contributed by atoms with Gasteiger partial charge in [-0.2, -0.15) is 0 Å². The largest absolute Gasteiger partial charge is 0.465 e. The number of carbonyl (C=O) groups excluding carboxylic acids is 2. The Kier molecular flexibility index (Phi) is 5.19. The van der Waals surface area contributed by atoms with Crippen LogP contribution in [-0.4, -0.2) is 28.5 Å². The number of carbonyl (C=O) groups is 2. The fraction of sp³-hybridized carbons (Fsp3) is 0.333. The van der Waals surface area contributed by atoms with E-state index in [1.807, 2.05) is 0 Å². The molecule has 7 nitrogen and oxygen atoms in total. The van der Waals surface area contributed by atoms with Gasteiger partial charge in [-0.15, -0.1) is 11.3 Å². The van der Waals surface area contributed by atoms with Crippen molar-refractivity contribution in [2.24, 2.45) is 5.92 Å². The maximum Gasteiger partial charge on any atom is 0.337 e. The molecule has 1 unspecified atom stereocenters. The highest BCUT2D eigenvalue weighted by molar-refractivity contribution is 7.18. The number of hydrogen-bond acceptors (Lipinski definition) is 6. The lowest BCUT2D eigenvalue weighted by atomic mass is 9.89. The predicted molar refractivity (Wildman–Crippen MR) is 111 cm³/mol. The Bertz CT molecular complexity index is 1160. The summed E-state index contributed by atoms with van der Waals surface area (Å²) in [6, 6.07) is 6.46. The van der Waals surface area contributed by atoms with Crippen LogP contribution in [-0.2, 0) is 28.9 Å². The van der Waals surface area contributed by atoms with Gasteiger partial charge in [-0.3, -0.25) is 14.2 Å². The van der Waals surface area contributed by atoms with Crippen molar-refractivity contribution in [2.45, 2.75) is 32.7 Å². The van der Waals surface area contributed by atoms with Crippen LogP contribution in [0.3, 0.4) is 0 Å². The Balaban J connectivity index is 1.57. The monoisotopic (exact) mass is 411 g/mol. The molecule has 2 heterocycles. The molecule has 8 heteroatoms. The molecule has 0 saturated heterocycles. The molecule has 1 amide bonds. The molecule has 1 atom stereocenters. The van der Waals surface area contributed by atoms with Crippen molar-refractivity contribution >= 4 is 39.1 Å². The molecule has 0 aliphatic heterocycles. The zero-order chi connectivity index (χ0) is 20.5. The van der Waals surface area contributed by atoms with Crippen molar-refractivity contribution in [3.8, 4) is 0 Å². The topological polar surface area (TPSA) is 90.3 Å². The number of benzene rings is 1. The van der Waals surface area contributed by atoms with Gasteiger partial charge in [-0.05, 0) is 48.9 Å². The third-order valence-corrected chi connectivity index (χ3v) is 6.33. The van der Waals surface area contributed by atoms with E-state index in [9.17, 15) is 14.4 Å². The standard InChI is InChI=1S/C21H21N3O4S/c1-12-6-7-15-16(8-12)29-19-18(15)20(26)24(11-22-19)10-17(25)23-14-5-3-4-13(9-14)21(27)28-2/h3-5,9,11-12H,6-8,10H2,1-2H3,(H,23,25). The smallest absolute Gasteiger partial charge is 0.337 e. The maximum absolute atomic E-state index is 13.0. The van der Waals surface area contributed by atoms with Crippen molar-refractivity contribution in [1.29, 1.82) is 0 Å². The van der Waals surface area contributed by atoms with Crippen LogP contribution in [0.15, 0.2) is 35.4 Å². The Morgan fingerprint density at radius 3 is 3.00 bits per heavy atom. The minimum absolute atomic E-state index is 0.148. The molecule has 1 aromatic carbocycles. The van der Waals surface area contributed by atoms with Crippen LogP contribution in [0.2, 0.25) is 0 Å². The SMILES string of the molecule is COC(=O)c1cccc(NC(=O)Cn2cnc3sc4c(c3c2=O)CCC(C)C4)c1. The lowest BCUT2D eigenvalue weighted by molar-refractivity contribution is -0.116. The van der Waals surface area contributed by atoms with E-state index < -0.39 is 5.97 Å². The Hall–Kier alpha value is -3.00. The number of hydrogen-bond donors (Lipinski definition) is 1. The minimum Gasteiger partial charge on any atom is -0.465 e. The lowest BCUT2D eigenvalue weighted by Crippen LogP contribution is -2.28. The number of fused-ring (bicyclic) bond motifs is 3. The molecule has 4 rings (SSSR count). The van der Waals surface area contributed by atoms with Crippen LogP contribution in [0.1, 0.15) is 34.1 Å². The zero-order valence-electron chi connectivity index (χ0n) is 16.2. The summed E-state index contributed by atoms with van der Waals surface area (Å²) >= 11 is 1.59. The number of nitrogens with one attached hydrogen (secondary N) is 1. The van der Waals surface area contributed by atoms with Gasteiger partial charge in [-0.25, -0.2) is 9.78 Å². The average molecular weight is 411 g/mol. The first kappa shape index (κ1) is 19.3. The molecule has 0 bridgehead atoms. The van der Waals surface area contributed by atoms with Gasteiger partial charge in [0.25, 0.3) is 5.56 Å². The van der Waals surface area contributed by atoms with Gasteiger partial charge in [0.2, 0.25) is 5.91 Å². The maximum atomic E-state index is 13.0.